The highest BCUT2D eigenvalue weighted by molar-refractivity contribution is 6.31. The van der Waals surface area contributed by atoms with Gasteiger partial charge in [0, 0.05) is 36.8 Å². The number of benzene rings is 2. The van der Waals surface area contributed by atoms with Crippen LogP contribution in [0.15, 0.2) is 36.4 Å². The Labute approximate surface area is 179 Å². The van der Waals surface area contributed by atoms with Crippen molar-refractivity contribution in [3.8, 4) is 11.5 Å². The van der Waals surface area contributed by atoms with Crippen molar-refractivity contribution in [3.05, 3.63) is 58.1 Å². The Bertz CT molecular complexity index is 777. The maximum Gasteiger partial charge on any atom is 0.123 e. The molecule has 4 nitrogen and oxygen atoms in total. The molecule has 1 unspecified atom stereocenters. The summed E-state index contributed by atoms with van der Waals surface area (Å²) in [6, 6.07) is 11.9. The Balaban J connectivity index is 0.00000280. The zero-order chi connectivity index (χ0) is 19.4. The first-order chi connectivity index (χ1) is 13.0. The number of aryl methyl sites for hydroxylation is 1. The highest BCUT2D eigenvalue weighted by atomic mass is 35.5. The molecule has 1 atom stereocenters. The summed E-state index contributed by atoms with van der Waals surface area (Å²) in [5.74, 6) is 1.42. The van der Waals surface area contributed by atoms with E-state index in [-0.39, 0.29) is 24.4 Å². The lowest BCUT2D eigenvalue weighted by molar-refractivity contribution is 0.120. The van der Waals surface area contributed by atoms with Crippen LogP contribution in [0.25, 0.3) is 0 Å². The Morgan fingerprint density at radius 2 is 1.82 bits per heavy atom. The highest BCUT2D eigenvalue weighted by Gasteiger charge is 2.25. The van der Waals surface area contributed by atoms with Gasteiger partial charge in [-0.15, -0.1) is 12.4 Å². The minimum atomic E-state index is 0. The van der Waals surface area contributed by atoms with Crippen LogP contribution in [0.4, 0.5) is 0 Å². The Morgan fingerprint density at radius 3 is 2.46 bits per heavy atom. The smallest absolute Gasteiger partial charge is 0.123 e. The van der Waals surface area contributed by atoms with E-state index in [1.165, 1.54) is 0 Å². The molecule has 1 aliphatic rings. The van der Waals surface area contributed by atoms with Crippen molar-refractivity contribution in [2.24, 2.45) is 0 Å². The van der Waals surface area contributed by atoms with E-state index in [0.29, 0.717) is 12.4 Å². The Hall–Kier alpha value is -1.46. The van der Waals surface area contributed by atoms with Crippen molar-refractivity contribution in [1.29, 1.82) is 0 Å². The molecular weight excluding hydrogens is 395 g/mol. The second-order valence-electron chi connectivity index (χ2n) is 7.47. The second-order valence-corrected chi connectivity index (χ2v) is 7.87. The molecule has 0 aliphatic carbocycles. The largest absolute Gasteiger partial charge is 0.508 e. The summed E-state index contributed by atoms with van der Waals surface area (Å²) in [4.78, 5) is 2.43. The lowest BCUT2D eigenvalue weighted by Crippen LogP contribution is -2.46. The number of phenolic OH excluding ortho intramolecular Hbond substituents is 1. The summed E-state index contributed by atoms with van der Waals surface area (Å²) < 4.78 is 6.33. The zero-order valence-corrected chi connectivity index (χ0v) is 18.3. The molecule has 2 aromatic rings. The standard InChI is InChI=1S/C22H29ClN2O2.ClH/c1-15(2)18-13-21(26)16(3)12-22(18)27-14-20(25-10-8-24-9-11-25)17-6-4-5-7-19(17)23;/h4-7,12-13,15,20,24,26H,8-11,14H2,1-3H3;1H. The van der Waals surface area contributed by atoms with Crippen LogP contribution < -0.4 is 10.1 Å². The maximum atomic E-state index is 10.1. The molecule has 0 bridgehead atoms. The highest BCUT2D eigenvalue weighted by Crippen LogP contribution is 2.34. The first-order valence-corrected chi connectivity index (χ1v) is 10.0. The van der Waals surface area contributed by atoms with E-state index in [0.717, 1.165) is 53.6 Å². The number of phenols is 1. The maximum absolute atomic E-state index is 10.1. The van der Waals surface area contributed by atoms with Crippen LogP contribution in [0.1, 0.15) is 42.5 Å². The molecule has 0 amide bonds. The van der Waals surface area contributed by atoms with Gasteiger partial charge in [0.1, 0.15) is 18.1 Å². The van der Waals surface area contributed by atoms with E-state index in [2.05, 4.69) is 30.1 Å². The van der Waals surface area contributed by atoms with E-state index in [1.807, 2.05) is 37.3 Å². The Kier molecular flexibility index (Phi) is 8.44. The molecule has 28 heavy (non-hydrogen) atoms. The van der Waals surface area contributed by atoms with Crippen molar-refractivity contribution >= 4 is 24.0 Å². The van der Waals surface area contributed by atoms with Gasteiger partial charge in [0.2, 0.25) is 0 Å². The molecule has 0 saturated carbocycles. The van der Waals surface area contributed by atoms with Crippen LogP contribution in [0.3, 0.4) is 0 Å². The lowest BCUT2D eigenvalue weighted by atomic mass is 9.99. The third-order valence-electron chi connectivity index (χ3n) is 5.20. The monoisotopic (exact) mass is 424 g/mol. The SMILES string of the molecule is Cc1cc(OCC(c2ccccc2Cl)N2CCNCC2)c(C(C)C)cc1O.Cl. The number of halogens is 2. The molecule has 2 N–H and O–H groups in total. The van der Waals surface area contributed by atoms with Crippen LogP contribution in [0.5, 0.6) is 11.5 Å². The number of hydrogen-bond acceptors (Lipinski definition) is 4. The number of piperazine rings is 1. The molecule has 1 aliphatic heterocycles. The summed E-state index contributed by atoms with van der Waals surface area (Å²) in [6.07, 6.45) is 0. The summed E-state index contributed by atoms with van der Waals surface area (Å²) in [5, 5.41) is 14.3. The first kappa shape index (κ1) is 22.8. The van der Waals surface area contributed by atoms with Gasteiger partial charge >= 0.3 is 0 Å². The molecule has 6 heteroatoms. The molecule has 0 spiro atoms. The van der Waals surface area contributed by atoms with E-state index in [1.54, 1.807) is 0 Å². The van der Waals surface area contributed by atoms with Gasteiger partial charge in [-0.2, -0.15) is 0 Å². The van der Waals surface area contributed by atoms with E-state index < -0.39 is 0 Å². The lowest BCUT2D eigenvalue weighted by Gasteiger charge is -2.35. The molecule has 1 saturated heterocycles. The number of rotatable bonds is 6. The second kappa shape index (κ2) is 10.4. The van der Waals surface area contributed by atoms with Crippen molar-refractivity contribution in [2.75, 3.05) is 32.8 Å². The third kappa shape index (κ3) is 5.32. The molecule has 154 valence electrons. The van der Waals surface area contributed by atoms with Gasteiger partial charge in [0.15, 0.2) is 0 Å². The molecule has 2 aromatic carbocycles. The summed E-state index contributed by atoms with van der Waals surface area (Å²) in [7, 11) is 0. The van der Waals surface area contributed by atoms with Crippen molar-refractivity contribution in [2.45, 2.75) is 32.7 Å². The van der Waals surface area contributed by atoms with Gasteiger partial charge in [-0.3, -0.25) is 4.90 Å². The molecular formula is C22H30Cl2N2O2. The molecule has 1 fully saturated rings. The van der Waals surface area contributed by atoms with Gasteiger partial charge in [0.25, 0.3) is 0 Å². The van der Waals surface area contributed by atoms with Crippen LogP contribution in [-0.4, -0.2) is 42.8 Å². The number of nitrogens with one attached hydrogen (secondary N) is 1. The number of hydrogen-bond donors (Lipinski definition) is 2. The minimum Gasteiger partial charge on any atom is -0.508 e. The van der Waals surface area contributed by atoms with E-state index in [9.17, 15) is 5.11 Å². The van der Waals surface area contributed by atoms with Gasteiger partial charge in [-0.25, -0.2) is 0 Å². The number of ether oxygens (including phenoxy) is 1. The molecule has 0 radical (unpaired) electrons. The van der Waals surface area contributed by atoms with E-state index >= 15 is 0 Å². The van der Waals surface area contributed by atoms with Crippen molar-refractivity contribution in [3.63, 3.8) is 0 Å². The molecule has 0 aromatic heterocycles. The van der Waals surface area contributed by atoms with Crippen LogP contribution in [0.2, 0.25) is 5.02 Å². The first-order valence-electron chi connectivity index (χ1n) is 9.63. The van der Waals surface area contributed by atoms with Crippen LogP contribution in [0, 0.1) is 6.92 Å². The van der Waals surface area contributed by atoms with Crippen LogP contribution >= 0.6 is 24.0 Å². The summed E-state index contributed by atoms with van der Waals surface area (Å²) >= 11 is 6.52. The topological polar surface area (TPSA) is 44.7 Å². The average Bonchev–Trinajstić information content (AvgIpc) is 2.66. The summed E-state index contributed by atoms with van der Waals surface area (Å²) in [5.41, 5.74) is 2.95. The van der Waals surface area contributed by atoms with Crippen molar-refractivity contribution in [1.82, 2.24) is 10.2 Å². The average molecular weight is 425 g/mol. The van der Waals surface area contributed by atoms with E-state index in [4.69, 9.17) is 16.3 Å². The predicted molar refractivity (Wildman–Crippen MR) is 118 cm³/mol. The molecule has 1 heterocycles. The van der Waals surface area contributed by atoms with Crippen molar-refractivity contribution < 1.29 is 9.84 Å². The fourth-order valence-corrected chi connectivity index (χ4v) is 3.82. The fourth-order valence-electron chi connectivity index (χ4n) is 3.56. The van der Waals surface area contributed by atoms with Gasteiger partial charge in [0.05, 0.1) is 6.04 Å². The number of nitrogens with zero attached hydrogens (tertiary/aromatic N) is 1. The number of aromatic hydroxyl groups is 1. The van der Waals surface area contributed by atoms with Gasteiger partial charge < -0.3 is 15.2 Å². The predicted octanol–water partition coefficient (Wildman–Crippen LogP) is 4.92. The quantitative estimate of drug-likeness (QED) is 0.689. The Morgan fingerprint density at radius 1 is 1.14 bits per heavy atom. The van der Waals surface area contributed by atoms with Gasteiger partial charge in [-0.1, -0.05) is 43.6 Å². The van der Waals surface area contributed by atoms with Gasteiger partial charge in [-0.05, 0) is 42.2 Å². The fraction of sp³-hybridized carbons (Fsp3) is 0.455. The third-order valence-corrected chi connectivity index (χ3v) is 5.55. The zero-order valence-electron chi connectivity index (χ0n) is 16.7. The minimum absolute atomic E-state index is 0. The van der Waals surface area contributed by atoms with Crippen LogP contribution in [-0.2, 0) is 0 Å². The molecule has 3 rings (SSSR count). The normalized spacial score (nSPS) is 15.9. The summed E-state index contributed by atoms with van der Waals surface area (Å²) in [6.45, 7) is 10.5.